The second-order valence-electron chi connectivity index (χ2n) is 7.01. The number of nitrogens with zero attached hydrogens (tertiary/aromatic N) is 1. The quantitative estimate of drug-likeness (QED) is 0.526. The van der Waals surface area contributed by atoms with Crippen LogP contribution in [0.3, 0.4) is 0 Å². The van der Waals surface area contributed by atoms with Crippen molar-refractivity contribution in [2.45, 2.75) is 27.3 Å². The Hall–Kier alpha value is -3.00. The lowest BCUT2D eigenvalue weighted by Gasteiger charge is -2.25. The van der Waals surface area contributed by atoms with Crippen molar-refractivity contribution in [1.29, 1.82) is 0 Å². The van der Waals surface area contributed by atoms with Crippen LogP contribution in [0.25, 0.3) is 0 Å². The molecule has 2 heterocycles. The van der Waals surface area contributed by atoms with E-state index in [9.17, 15) is 9.59 Å². The van der Waals surface area contributed by atoms with E-state index < -0.39 is 5.97 Å². The summed E-state index contributed by atoms with van der Waals surface area (Å²) in [5, 5.41) is 0. The van der Waals surface area contributed by atoms with Crippen molar-refractivity contribution in [3.63, 3.8) is 0 Å². The Balaban J connectivity index is 1.81. The number of esters is 1. The number of carbonyl (C=O) groups is 2. The molecule has 0 unspecified atom stereocenters. The van der Waals surface area contributed by atoms with Crippen LogP contribution in [-0.2, 0) is 16.0 Å². The maximum Gasteiger partial charge on any atom is 0.340 e. The first-order valence-corrected chi connectivity index (χ1v) is 9.99. The van der Waals surface area contributed by atoms with Gasteiger partial charge in [-0.3, -0.25) is 4.79 Å². The van der Waals surface area contributed by atoms with Gasteiger partial charge in [-0.15, -0.1) is 0 Å². The van der Waals surface area contributed by atoms with E-state index in [-0.39, 0.29) is 12.5 Å². The predicted octanol–water partition coefficient (Wildman–Crippen LogP) is 2.87. The number of aromatic nitrogens is 1. The molecular weight excluding hydrogens is 388 g/mol. The number of rotatable bonds is 8. The fraction of sp³-hybridized carbons (Fsp3) is 0.455. The Morgan fingerprint density at radius 2 is 1.93 bits per heavy atom. The van der Waals surface area contributed by atoms with Crippen molar-refractivity contribution < 1.29 is 28.5 Å². The summed E-state index contributed by atoms with van der Waals surface area (Å²) in [7, 11) is 1.54. The monoisotopic (exact) mass is 416 g/mol. The smallest absolute Gasteiger partial charge is 0.340 e. The Morgan fingerprint density at radius 3 is 2.67 bits per heavy atom. The van der Waals surface area contributed by atoms with E-state index in [0.29, 0.717) is 66.9 Å². The van der Waals surface area contributed by atoms with Crippen molar-refractivity contribution in [1.82, 2.24) is 9.88 Å². The van der Waals surface area contributed by atoms with E-state index in [1.807, 2.05) is 25.1 Å². The molecule has 0 saturated carbocycles. The van der Waals surface area contributed by atoms with Gasteiger partial charge in [0.2, 0.25) is 0 Å². The number of H-pyrrole nitrogens is 1. The topological polar surface area (TPSA) is 90.1 Å². The van der Waals surface area contributed by atoms with E-state index in [4.69, 9.17) is 18.9 Å². The summed E-state index contributed by atoms with van der Waals surface area (Å²) in [6, 6.07) is 5.67. The molecule has 0 atom stereocenters. The van der Waals surface area contributed by atoms with Gasteiger partial charge in [-0.1, -0.05) is 12.1 Å². The van der Waals surface area contributed by atoms with Crippen LogP contribution in [0.15, 0.2) is 18.2 Å². The van der Waals surface area contributed by atoms with Crippen molar-refractivity contribution in [2.75, 3.05) is 40.1 Å². The molecule has 0 bridgehead atoms. The van der Waals surface area contributed by atoms with Gasteiger partial charge in [0.15, 0.2) is 11.5 Å². The van der Waals surface area contributed by atoms with Gasteiger partial charge in [0.1, 0.15) is 25.5 Å². The Labute approximate surface area is 176 Å². The third-order valence-electron chi connectivity index (χ3n) is 5.05. The number of nitrogens with one attached hydrogen (secondary N) is 1. The summed E-state index contributed by atoms with van der Waals surface area (Å²) in [4.78, 5) is 30.5. The fourth-order valence-corrected chi connectivity index (χ4v) is 3.51. The van der Waals surface area contributed by atoms with Gasteiger partial charge >= 0.3 is 5.97 Å². The van der Waals surface area contributed by atoms with Crippen molar-refractivity contribution in [2.24, 2.45) is 0 Å². The summed E-state index contributed by atoms with van der Waals surface area (Å²) in [5.74, 6) is 0.707. The van der Waals surface area contributed by atoms with Crippen molar-refractivity contribution >= 4 is 11.9 Å². The molecule has 0 spiro atoms. The highest BCUT2D eigenvalue weighted by atomic mass is 16.6. The molecule has 0 radical (unpaired) electrons. The highest BCUT2D eigenvalue weighted by Gasteiger charge is 2.27. The largest absolute Gasteiger partial charge is 0.486 e. The SMILES string of the molecule is CCN(Cc1cccc2c1OCCO2)C(=O)c1[nH]c(C)c(C(=O)OCCOC)c1C. The van der Waals surface area contributed by atoms with Gasteiger partial charge in [0.05, 0.1) is 12.2 Å². The number of methoxy groups -OCH3 is 1. The first kappa shape index (κ1) is 21.7. The number of hydrogen-bond donors (Lipinski definition) is 1. The summed E-state index contributed by atoms with van der Waals surface area (Å²) < 4.78 is 21.5. The van der Waals surface area contributed by atoms with Crippen molar-refractivity contribution in [3.05, 3.63) is 46.3 Å². The standard InChI is InChI=1S/C22H28N2O6/c1-5-24(13-16-7-6-8-17-20(16)29-12-11-28-17)21(25)19-14(2)18(15(3)23-19)22(26)30-10-9-27-4/h6-8,23H,5,9-13H2,1-4H3. The third kappa shape index (κ3) is 4.43. The first-order chi connectivity index (χ1) is 14.5. The number of carbonyl (C=O) groups excluding carboxylic acids is 2. The second-order valence-corrected chi connectivity index (χ2v) is 7.01. The summed E-state index contributed by atoms with van der Waals surface area (Å²) in [5.41, 5.74) is 2.83. The minimum atomic E-state index is -0.469. The Morgan fingerprint density at radius 1 is 1.17 bits per heavy atom. The predicted molar refractivity (Wildman–Crippen MR) is 110 cm³/mol. The molecule has 8 nitrogen and oxygen atoms in total. The number of fused-ring (bicyclic) bond motifs is 1. The van der Waals surface area contributed by atoms with Gasteiger partial charge in [0.25, 0.3) is 5.91 Å². The van der Waals surface area contributed by atoms with Crippen LogP contribution in [-0.4, -0.2) is 61.8 Å². The fourth-order valence-electron chi connectivity index (χ4n) is 3.51. The first-order valence-electron chi connectivity index (χ1n) is 9.99. The molecular formula is C22H28N2O6. The zero-order chi connectivity index (χ0) is 21.7. The van der Waals surface area contributed by atoms with Crippen LogP contribution in [0.2, 0.25) is 0 Å². The molecule has 1 aromatic carbocycles. The lowest BCUT2D eigenvalue weighted by molar-refractivity contribution is 0.0387. The lowest BCUT2D eigenvalue weighted by atomic mass is 10.1. The number of para-hydroxylation sites is 1. The Bertz CT molecular complexity index is 921. The van der Waals surface area contributed by atoms with E-state index in [0.717, 1.165) is 5.56 Å². The lowest BCUT2D eigenvalue weighted by Crippen LogP contribution is -2.31. The van der Waals surface area contributed by atoms with E-state index in [1.54, 1.807) is 18.7 Å². The normalized spacial score (nSPS) is 12.5. The highest BCUT2D eigenvalue weighted by Crippen LogP contribution is 2.34. The van der Waals surface area contributed by atoms with Crippen LogP contribution in [0.5, 0.6) is 11.5 Å². The molecule has 1 N–H and O–H groups in total. The van der Waals surface area contributed by atoms with E-state index in [2.05, 4.69) is 4.98 Å². The molecule has 2 aromatic rings. The second kappa shape index (κ2) is 9.67. The van der Waals surface area contributed by atoms with E-state index >= 15 is 0 Å². The molecule has 0 saturated heterocycles. The van der Waals surface area contributed by atoms with Crippen LogP contribution in [0.4, 0.5) is 0 Å². The van der Waals surface area contributed by atoms with Crippen molar-refractivity contribution in [3.8, 4) is 11.5 Å². The molecule has 0 aliphatic carbocycles. The number of ether oxygens (including phenoxy) is 4. The average Bonchev–Trinajstić information content (AvgIpc) is 3.05. The molecule has 1 aliphatic heterocycles. The van der Waals surface area contributed by atoms with Gasteiger partial charge < -0.3 is 28.8 Å². The average molecular weight is 416 g/mol. The Kier molecular flexibility index (Phi) is 6.99. The number of amides is 1. The maximum atomic E-state index is 13.3. The number of aryl methyl sites for hydroxylation is 1. The molecule has 8 heteroatoms. The van der Waals surface area contributed by atoms with Gasteiger partial charge in [-0.2, -0.15) is 0 Å². The number of hydrogen-bond acceptors (Lipinski definition) is 6. The minimum Gasteiger partial charge on any atom is -0.486 e. The zero-order valence-electron chi connectivity index (χ0n) is 17.9. The molecule has 0 fully saturated rings. The molecule has 1 aliphatic rings. The van der Waals surface area contributed by atoms with Gasteiger partial charge in [0, 0.05) is 31.5 Å². The van der Waals surface area contributed by atoms with Crippen LogP contribution >= 0.6 is 0 Å². The van der Waals surface area contributed by atoms with Crippen LogP contribution < -0.4 is 9.47 Å². The molecule has 1 aromatic heterocycles. The molecule has 1 amide bonds. The number of benzene rings is 1. The minimum absolute atomic E-state index is 0.158. The highest BCUT2D eigenvalue weighted by molar-refractivity contribution is 6.00. The summed E-state index contributed by atoms with van der Waals surface area (Å²) in [6.07, 6.45) is 0. The van der Waals surface area contributed by atoms with Crippen LogP contribution in [0, 0.1) is 13.8 Å². The zero-order valence-corrected chi connectivity index (χ0v) is 17.9. The van der Waals surface area contributed by atoms with Gasteiger partial charge in [-0.25, -0.2) is 4.79 Å². The molecule has 30 heavy (non-hydrogen) atoms. The van der Waals surface area contributed by atoms with E-state index in [1.165, 1.54) is 7.11 Å². The molecule has 162 valence electrons. The summed E-state index contributed by atoms with van der Waals surface area (Å²) in [6.45, 7) is 7.74. The number of aromatic amines is 1. The molecule has 3 rings (SSSR count). The van der Waals surface area contributed by atoms with Crippen LogP contribution in [0.1, 0.15) is 44.6 Å². The summed E-state index contributed by atoms with van der Waals surface area (Å²) >= 11 is 0. The third-order valence-corrected chi connectivity index (χ3v) is 5.05. The maximum absolute atomic E-state index is 13.3. The van der Waals surface area contributed by atoms with Gasteiger partial charge in [-0.05, 0) is 32.4 Å².